The highest BCUT2D eigenvalue weighted by Gasteiger charge is 2.06. The van der Waals surface area contributed by atoms with Gasteiger partial charge in [-0.15, -0.1) is 0 Å². The summed E-state index contributed by atoms with van der Waals surface area (Å²) in [6.45, 7) is 0. The summed E-state index contributed by atoms with van der Waals surface area (Å²) in [5, 5.41) is 19.0. The molecule has 30 heavy (non-hydrogen) atoms. The number of phenols is 1. The highest BCUT2D eigenvalue weighted by molar-refractivity contribution is 6.00. The number of carbonyl (C=O) groups excluding carboxylic acids is 2. The minimum absolute atomic E-state index is 0.0211. The normalized spacial score (nSPS) is 10.4. The van der Waals surface area contributed by atoms with Crippen molar-refractivity contribution in [3.8, 4) is 11.5 Å². The Morgan fingerprint density at radius 1 is 0.933 bits per heavy atom. The predicted molar refractivity (Wildman–Crippen MR) is 115 cm³/mol. The number of anilines is 2. The van der Waals surface area contributed by atoms with E-state index in [0.29, 0.717) is 28.3 Å². The number of phenolic OH excluding ortho intramolecular Hbond substituents is 1. The van der Waals surface area contributed by atoms with Crippen LogP contribution in [0.4, 0.5) is 16.2 Å². The molecule has 8 heteroatoms. The third kappa shape index (κ3) is 5.59. The van der Waals surface area contributed by atoms with E-state index in [4.69, 9.17) is 4.74 Å². The van der Waals surface area contributed by atoms with E-state index in [-0.39, 0.29) is 11.8 Å². The van der Waals surface area contributed by atoms with E-state index < -0.39 is 5.91 Å². The lowest BCUT2D eigenvalue weighted by atomic mass is 10.2. The summed E-state index contributed by atoms with van der Waals surface area (Å²) in [7, 11) is 1.46. The Morgan fingerprint density at radius 3 is 2.23 bits per heavy atom. The van der Waals surface area contributed by atoms with Crippen molar-refractivity contribution in [3.05, 3.63) is 83.9 Å². The Hall–Kier alpha value is -4.33. The van der Waals surface area contributed by atoms with E-state index in [1.165, 1.54) is 19.4 Å². The van der Waals surface area contributed by atoms with Gasteiger partial charge in [0.25, 0.3) is 5.91 Å². The topological polar surface area (TPSA) is 112 Å². The van der Waals surface area contributed by atoms with E-state index >= 15 is 0 Å². The molecule has 152 valence electrons. The number of hydrogen-bond donors (Lipinski definition) is 4. The summed E-state index contributed by atoms with van der Waals surface area (Å²) in [5.41, 5.74) is 4.59. The molecule has 0 heterocycles. The zero-order chi connectivity index (χ0) is 21.3. The minimum atomic E-state index is -0.413. The number of hydrazone groups is 1. The zero-order valence-electron chi connectivity index (χ0n) is 16.1. The molecular weight excluding hydrogens is 384 g/mol. The molecule has 3 rings (SSSR count). The monoisotopic (exact) mass is 404 g/mol. The lowest BCUT2D eigenvalue weighted by Crippen LogP contribution is -2.20. The summed E-state index contributed by atoms with van der Waals surface area (Å²) in [6, 6.07) is 19.8. The molecule has 0 saturated heterocycles. The van der Waals surface area contributed by atoms with E-state index in [1.54, 1.807) is 48.5 Å². The number of nitrogens with one attached hydrogen (secondary N) is 3. The molecule has 0 aromatic heterocycles. The molecule has 0 spiro atoms. The molecule has 3 aromatic carbocycles. The summed E-state index contributed by atoms with van der Waals surface area (Å²) in [6.07, 6.45) is 1.40. The average molecular weight is 404 g/mol. The molecule has 0 bridgehead atoms. The van der Waals surface area contributed by atoms with Crippen LogP contribution in [-0.2, 0) is 0 Å². The van der Waals surface area contributed by atoms with Crippen LogP contribution < -0.4 is 20.8 Å². The Bertz CT molecular complexity index is 1050. The van der Waals surface area contributed by atoms with Crippen molar-refractivity contribution in [2.24, 2.45) is 5.10 Å². The number of hydrogen-bond acceptors (Lipinski definition) is 5. The van der Waals surface area contributed by atoms with Gasteiger partial charge in [-0.3, -0.25) is 4.79 Å². The lowest BCUT2D eigenvalue weighted by molar-refractivity contribution is 0.0955. The van der Waals surface area contributed by atoms with Crippen LogP contribution in [0, 0.1) is 0 Å². The Kier molecular flexibility index (Phi) is 6.63. The maximum atomic E-state index is 12.2. The fraction of sp³-hybridized carbons (Fsp3) is 0.0455. The van der Waals surface area contributed by atoms with E-state index in [0.717, 1.165) is 0 Å². The van der Waals surface area contributed by atoms with Gasteiger partial charge in [0.1, 0.15) is 0 Å². The van der Waals surface area contributed by atoms with Crippen LogP contribution in [0.5, 0.6) is 11.5 Å². The fourth-order valence-electron chi connectivity index (χ4n) is 2.54. The van der Waals surface area contributed by atoms with Gasteiger partial charge in [0, 0.05) is 16.9 Å². The van der Waals surface area contributed by atoms with Gasteiger partial charge in [0.05, 0.1) is 13.3 Å². The lowest BCUT2D eigenvalue weighted by Gasteiger charge is -2.08. The van der Waals surface area contributed by atoms with Gasteiger partial charge in [-0.1, -0.05) is 18.2 Å². The molecule has 0 aliphatic heterocycles. The van der Waals surface area contributed by atoms with E-state index in [1.807, 2.05) is 18.2 Å². The maximum absolute atomic E-state index is 12.2. The van der Waals surface area contributed by atoms with Gasteiger partial charge in [-0.25, -0.2) is 10.2 Å². The second-order valence-corrected chi connectivity index (χ2v) is 6.15. The van der Waals surface area contributed by atoms with Gasteiger partial charge in [-0.05, 0) is 60.2 Å². The van der Waals surface area contributed by atoms with E-state index in [9.17, 15) is 14.7 Å². The van der Waals surface area contributed by atoms with Gasteiger partial charge in [0.15, 0.2) is 11.5 Å². The number of rotatable bonds is 6. The van der Waals surface area contributed by atoms with Gasteiger partial charge in [0.2, 0.25) is 0 Å². The SMILES string of the molecule is COc1ccc(C=NNC(=O)c2ccc(NC(=O)Nc3ccccc3)cc2)cc1O. The number of nitrogens with zero attached hydrogens (tertiary/aromatic N) is 1. The van der Waals surface area contributed by atoms with Crippen molar-refractivity contribution in [3.63, 3.8) is 0 Å². The Morgan fingerprint density at radius 2 is 1.60 bits per heavy atom. The van der Waals surface area contributed by atoms with Crippen LogP contribution in [0.15, 0.2) is 77.9 Å². The molecule has 0 radical (unpaired) electrons. The van der Waals surface area contributed by atoms with Crippen molar-refractivity contribution < 1.29 is 19.4 Å². The zero-order valence-corrected chi connectivity index (χ0v) is 16.1. The average Bonchev–Trinajstić information content (AvgIpc) is 2.75. The number of benzene rings is 3. The molecule has 0 aliphatic rings. The number of carbonyl (C=O) groups is 2. The van der Waals surface area contributed by atoms with Crippen molar-refractivity contribution >= 4 is 29.5 Å². The number of urea groups is 1. The highest BCUT2D eigenvalue weighted by Crippen LogP contribution is 2.25. The third-order valence-corrected chi connectivity index (χ3v) is 4.02. The second-order valence-electron chi connectivity index (χ2n) is 6.15. The molecule has 3 aromatic rings. The molecule has 0 aliphatic carbocycles. The molecule has 0 saturated carbocycles. The van der Waals surface area contributed by atoms with Crippen molar-refractivity contribution in [1.29, 1.82) is 0 Å². The molecular formula is C22H20N4O4. The second kappa shape index (κ2) is 9.74. The fourth-order valence-corrected chi connectivity index (χ4v) is 2.54. The summed E-state index contributed by atoms with van der Waals surface area (Å²) >= 11 is 0. The quantitative estimate of drug-likeness (QED) is 0.370. The largest absolute Gasteiger partial charge is 0.504 e. The number of para-hydroxylation sites is 1. The number of ether oxygens (including phenoxy) is 1. The number of aromatic hydroxyl groups is 1. The number of amides is 3. The van der Waals surface area contributed by atoms with Crippen molar-refractivity contribution in [2.45, 2.75) is 0 Å². The molecule has 0 fully saturated rings. The maximum Gasteiger partial charge on any atom is 0.323 e. The Balaban J connectivity index is 1.53. The molecule has 8 nitrogen and oxygen atoms in total. The smallest absolute Gasteiger partial charge is 0.323 e. The van der Waals surface area contributed by atoms with Gasteiger partial charge < -0.3 is 20.5 Å². The molecule has 4 N–H and O–H groups in total. The molecule has 0 unspecified atom stereocenters. The third-order valence-electron chi connectivity index (χ3n) is 4.02. The van der Waals surface area contributed by atoms with E-state index in [2.05, 4.69) is 21.2 Å². The van der Waals surface area contributed by atoms with Crippen molar-refractivity contribution in [2.75, 3.05) is 17.7 Å². The molecule has 3 amide bonds. The first-order valence-corrected chi connectivity index (χ1v) is 8.98. The van der Waals surface area contributed by atoms with Crippen LogP contribution in [0.2, 0.25) is 0 Å². The highest BCUT2D eigenvalue weighted by atomic mass is 16.5. The van der Waals surface area contributed by atoms with Gasteiger partial charge in [-0.2, -0.15) is 5.10 Å². The van der Waals surface area contributed by atoms with Gasteiger partial charge >= 0.3 is 6.03 Å². The van der Waals surface area contributed by atoms with Crippen LogP contribution in [0.25, 0.3) is 0 Å². The first-order valence-electron chi connectivity index (χ1n) is 8.98. The van der Waals surface area contributed by atoms with Crippen LogP contribution in [0.1, 0.15) is 15.9 Å². The summed E-state index contributed by atoms with van der Waals surface area (Å²) in [5.74, 6) is -0.0845. The Labute approximate surface area is 173 Å². The first kappa shape index (κ1) is 20.4. The standard InChI is InChI=1S/C22H20N4O4/c1-30-20-12-7-15(13-19(20)27)14-23-26-21(28)16-8-10-18(11-9-16)25-22(29)24-17-5-3-2-4-6-17/h2-14,27H,1H3,(H,26,28)(H2,24,25,29). The minimum Gasteiger partial charge on any atom is -0.504 e. The van der Waals surface area contributed by atoms with Crippen LogP contribution >= 0.6 is 0 Å². The molecule has 0 atom stereocenters. The van der Waals surface area contributed by atoms with Crippen LogP contribution in [-0.4, -0.2) is 30.4 Å². The first-order chi connectivity index (χ1) is 14.5. The summed E-state index contributed by atoms with van der Waals surface area (Å²) < 4.78 is 4.97. The predicted octanol–water partition coefficient (Wildman–Crippen LogP) is 3.81. The summed E-state index contributed by atoms with van der Waals surface area (Å²) in [4.78, 5) is 24.2. The van der Waals surface area contributed by atoms with Crippen LogP contribution in [0.3, 0.4) is 0 Å². The number of methoxy groups -OCH3 is 1. The van der Waals surface area contributed by atoms with Crippen molar-refractivity contribution in [1.82, 2.24) is 5.43 Å².